The smallest absolute Gasteiger partial charge is 0.366 e. The third kappa shape index (κ3) is 4.58. The quantitative estimate of drug-likeness (QED) is 0.671. The number of halogens is 4. The van der Waals surface area contributed by atoms with Crippen molar-refractivity contribution in [2.75, 3.05) is 11.6 Å². The normalized spacial score (nSPS) is 13.3. The van der Waals surface area contributed by atoms with Gasteiger partial charge in [-0.1, -0.05) is 6.92 Å². The Kier molecular flexibility index (Phi) is 5.49. The predicted octanol–water partition coefficient (Wildman–Crippen LogP) is 3.17. The second kappa shape index (κ2) is 6.47. The Bertz CT molecular complexity index is 468. The van der Waals surface area contributed by atoms with Crippen molar-refractivity contribution in [1.82, 2.24) is 4.98 Å². The van der Waals surface area contributed by atoms with Crippen LogP contribution < -0.4 is 5.73 Å². The van der Waals surface area contributed by atoms with Gasteiger partial charge in [0.1, 0.15) is 10.7 Å². The van der Waals surface area contributed by atoms with Gasteiger partial charge in [-0.15, -0.1) is 23.4 Å². The molecule has 106 valence electrons. The van der Waals surface area contributed by atoms with Crippen LogP contribution in [0.15, 0.2) is 17.2 Å². The van der Waals surface area contributed by atoms with Crippen molar-refractivity contribution >= 4 is 29.3 Å². The van der Waals surface area contributed by atoms with E-state index in [4.69, 9.17) is 17.3 Å². The summed E-state index contributed by atoms with van der Waals surface area (Å²) < 4.78 is 37.7. The fourth-order valence-corrected chi connectivity index (χ4v) is 2.45. The lowest BCUT2D eigenvalue weighted by Gasteiger charge is -2.12. The highest BCUT2D eigenvalue weighted by molar-refractivity contribution is 7.99. The van der Waals surface area contributed by atoms with Crippen LogP contribution in [0.5, 0.6) is 0 Å². The minimum absolute atomic E-state index is 0.0141. The number of carbonyl (C=O) groups excluding carboxylic acids is 1. The Morgan fingerprint density at radius 3 is 2.63 bits per heavy atom. The van der Waals surface area contributed by atoms with Crippen LogP contribution in [0.1, 0.15) is 23.0 Å². The van der Waals surface area contributed by atoms with Gasteiger partial charge in [-0.05, 0) is 18.1 Å². The van der Waals surface area contributed by atoms with Crippen LogP contribution in [-0.4, -0.2) is 22.5 Å². The molecule has 2 N–H and O–H groups in total. The summed E-state index contributed by atoms with van der Waals surface area (Å²) in [5, 5.41) is -0.0145. The summed E-state index contributed by atoms with van der Waals surface area (Å²) in [6.45, 7) is 1.84. The lowest BCUT2D eigenvalue weighted by atomic mass is 10.2. The molecule has 19 heavy (non-hydrogen) atoms. The number of hydrogen-bond donors (Lipinski definition) is 1. The van der Waals surface area contributed by atoms with Crippen molar-refractivity contribution < 1.29 is 18.0 Å². The standard InChI is InChI=1S/C11H12ClF3N2OS/c1-6(4-12)5-19-10-7(9(16)18)2-3-8(17-10)11(13,14)15/h2-3,6H,4-5H2,1H3,(H2,16,18). The van der Waals surface area contributed by atoms with Crippen LogP contribution in [0, 0.1) is 5.92 Å². The maximum Gasteiger partial charge on any atom is 0.433 e. The van der Waals surface area contributed by atoms with Crippen LogP contribution >= 0.6 is 23.4 Å². The molecule has 0 aliphatic rings. The van der Waals surface area contributed by atoms with Crippen LogP contribution in [0.3, 0.4) is 0 Å². The van der Waals surface area contributed by atoms with Crippen molar-refractivity contribution in [3.63, 3.8) is 0 Å². The second-order valence-electron chi connectivity index (χ2n) is 3.98. The molecule has 0 aliphatic heterocycles. The van der Waals surface area contributed by atoms with E-state index in [0.717, 1.165) is 23.9 Å². The summed E-state index contributed by atoms with van der Waals surface area (Å²) in [4.78, 5) is 14.6. The number of amides is 1. The first-order chi connectivity index (χ1) is 8.75. The Hall–Kier alpha value is -0.950. The number of carbonyl (C=O) groups is 1. The lowest BCUT2D eigenvalue weighted by molar-refractivity contribution is -0.141. The first kappa shape index (κ1) is 16.1. The molecular formula is C11H12ClF3N2OS. The first-order valence-electron chi connectivity index (χ1n) is 5.32. The van der Waals surface area contributed by atoms with E-state index in [1.165, 1.54) is 0 Å². The molecule has 1 atom stereocenters. The fourth-order valence-electron chi connectivity index (χ4n) is 1.16. The minimum atomic E-state index is -4.55. The van der Waals surface area contributed by atoms with Gasteiger partial charge in [0, 0.05) is 11.6 Å². The molecule has 8 heteroatoms. The number of primary amides is 1. The van der Waals surface area contributed by atoms with Crippen molar-refractivity contribution in [2.24, 2.45) is 11.7 Å². The molecule has 0 radical (unpaired) electrons. The fraction of sp³-hybridized carbons (Fsp3) is 0.455. The molecule has 0 saturated carbocycles. The van der Waals surface area contributed by atoms with Crippen molar-refractivity contribution in [2.45, 2.75) is 18.1 Å². The molecule has 3 nitrogen and oxygen atoms in total. The molecule has 1 heterocycles. The van der Waals surface area contributed by atoms with Gasteiger partial charge in [-0.2, -0.15) is 13.2 Å². The summed E-state index contributed by atoms with van der Waals surface area (Å²) in [6.07, 6.45) is -4.55. The number of nitrogens with zero attached hydrogens (tertiary/aromatic N) is 1. The van der Waals surface area contributed by atoms with Crippen LogP contribution in [-0.2, 0) is 6.18 Å². The number of rotatable bonds is 5. The van der Waals surface area contributed by atoms with E-state index in [9.17, 15) is 18.0 Å². The van der Waals surface area contributed by atoms with Crippen LogP contribution in [0.2, 0.25) is 0 Å². The zero-order chi connectivity index (χ0) is 14.6. The number of hydrogen-bond acceptors (Lipinski definition) is 3. The topological polar surface area (TPSA) is 56.0 Å². The molecule has 0 bridgehead atoms. The Balaban J connectivity index is 3.06. The van der Waals surface area contributed by atoms with Crippen LogP contribution in [0.4, 0.5) is 13.2 Å². The maximum absolute atomic E-state index is 12.6. The molecule has 0 fully saturated rings. The van der Waals surface area contributed by atoms with Crippen molar-refractivity contribution in [3.8, 4) is 0 Å². The summed E-state index contributed by atoms with van der Waals surface area (Å²) in [5.74, 6) is 0.113. The van der Waals surface area contributed by atoms with Gasteiger partial charge < -0.3 is 5.73 Å². The summed E-state index contributed by atoms with van der Waals surface area (Å²) in [7, 11) is 0. The van der Waals surface area contributed by atoms with Crippen LogP contribution in [0.25, 0.3) is 0 Å². The minimum Gasteiger partial charge on any atom is -0.366 e. The Labute approximate surface area is 117 Å². The third-order valence-electron chi connectivity index (χ3n) is 2.18. The van der Waals surface area contributed by atoms with Gasteiger partial charge in [-0.3, -0.25) is 4.79 Å². The average molecular weight is 313 g/mol. The van der Waals surface area contributed by atoms with Gasteiger partial charge in [0.15, 0.2) is 0 Å². The van der Waals surface area contributed by atoms with Crippen molar-refractivity contribution in [3.05, 3.63) is 23.4 Å². The molecule has 0 saturated heterocycles. The number of aromatic nitrogens is 1. The SMILES string of the molecule is CC(CCl)CSc1nc(C(F)(F)F)ccc1C(N)=O. The Morgan fingerprint density at radius 2 is 2.16 bits per heavy atom. The molecule has 1 unspecified atom stereocenters. The van der Waals surface area contributed by atoms with Gasteiger partial charge >= 0.3 is 6.18 Å². The predicted molar refractivity (Wildman–Crippen MR) is 68.4 cm³/mol. The zero-order valence-corrected chi connectivity index (χ0v) is 11.6. The number of alkyl halides is 4. The average Bonchev–Trinajstić information content (AvgIpc) is 2.34. The highest BCUT2D eigenvalue weighted by atomic mass is 35.5. The molecule has 1 aromatic heterocycles. The molecule has 1 amide bonds. The molecule has 0 aliphatic carbocycles. The zero-order valence-electron chi connectivity index (χ0n) is 10.00. The summed E-state index contributed by atoms with van der Waals surface area (Å²) in [6, 6.07) is 1.79. The number of thioether (sulfide) groups is 1. The molecule has 0 aromatic carbocycles. The molecule has 1 rings (SSSR count). The highest BCUT2D eigenvalue weighted by Gasteiger charge is 2.33. The van der Waals surface area contributed by atoms with Gasteiger partial charge in [0.25, 0.3) is 5.91 Å². The summed E-state index contributed by atoms with van der Waals surface area (Å²) >= 11 is 6.66. The molecule has 0 spiro atoms. The largest absolute Gasteiger partial charge is 0.433 e. The van der Waals surface area contributed by atoms with Gasteiger partial charge in [0.05, 0.1) is 5.56 Å². The van der Waals surface area contributed by atoms with E-state index in [-0.39, 0.29) is 16.5 Å². The second-order valence-corrected chi connectivity index (χ2v) is 5.30. The highest BCUT2D eigenvalue weighted by Crippen LogP contribution is 2.31. The Morgan fingerprint density at radius 1 is 1.53 bits per heavy atom. The maximum atomic E-state index is 12.6. The van der Waals surface area contributed by atoms with E-state index >= 15 is 0 Å². The molecular weight excluding hydrogens is 301 g/mol. The van der Waals surface area contributed by atoms with Crippen molar-refractivity contribution in [1.29, 1.82) is 0 Å². The number of nitrogens with two attached hydrogens (primary N) is 1. The third-order valence-corrected chi connectivity index (χ3v) is 4.03. The van der Waals surface area contributed by atoms with E-state index in [1.54, 1.807) is 0 Å². The van der Waals surface area contributed by atoms with Gasteiger partial charge in [0.2, 0.25) is 0 Å². The molecule has 1 aromatic rings. The van der Waals surface area contributed by atoms with Gasteiger partial charge in [-0.25, -0.2) is 4.98 Å². The van der Waals surface area contributed by atoms with E-state index in [1.807, 2.05) is 6.92 Å². The van der Waals surface area contributed by atoms with E-state index in [0.29, 0.717) is 11.6 Å². The van der Waals surface area contributed by atoms with E-state index < -0.39 is 17.8 Å². The van der Waals surface area contributed by atoms with E-state index in [2.05, 4.69) is 4.98 Å². The lowest BCUT2D eigenvalue weighted by Crippen LogP contribution is -2.16. The summed E-state index contributed by atoms with van der Waals surface area (Å²) in [5.41, 5.74) is 4.06. The number of pyridine rings is 1. The first-order valence-corrected chi connectivity index (χ1v) is 6.84. The monoisotopic (exact) mass is 312 g/mol.